The van der Waals surface area contributed by atoms with Gasteiger partial charge in [-0.25, -0.2) is 8.42 Å². The maximum Gasteiger partial charge on any atom is 0.265 e. The van der Waals surface area contributed by atoms with Gasteiger partial charge in [-0.3, -0.25) is 0 Å². The molecule has 1 unspecified atom stereocenters. The fourth-order valence-electron chi connectivity index (χ4n) is 2.28. The van der Waals surface area contributed by atoms with Gasteiger partial charge in [0.2, 0.25) is 0 Å². The van der Waals surface area contributed by atoms with Crippen LogP contribution in [0, 0.1) is 13.8 Å². The van der Waals surface area contributed by atoms with Gasteiger partial charge in [0.15, 0.2) is 0 Å². The summed E-state index contributed by atoms with van der Waals surface area (Å²) in [6, 6.07) is 3.45. The van der Waals surface area contributed by atoms with E-state index in [0.717, 1.165) is 30.4 Å². The molecule has 1 aliphatic carbocycles. The quantitative estimate of drug-likeness (QED) is 0.631. The van der Waals surface area contributed by atoms with Crippen molar-refractivity contribution in [3.05, 3.63) is 35.4 Å². The van der Waals surface area contributed by atoms with Crippen LogP contribution in [0.3, 0.4) is 0 Å². The van der Waals surface area contributed by atoms with Crippen molar-refractivity contribution in [1.29, 1.82) is 0 Å². The van der Waals surface area contributed by atoms with Crippen LogP contribution < -0.4 is 4.74 Å². The van der Waals surface area contributed by atoms with Crippen molar-refractivity contribution >= 4 is 19.7 Å². The second-order valence-corrected chi connectivity index (χ2v) is 7.40. The molecule has 0 spiro atoms. The third-order valence-corrected chi connectivity index (χ3v) is 4.45. The van der Waals surface area contributed by atoms with Crippen LogP contribution in [-0.2, 0) is 9.05 Å². The molecule has 0 N–H and O–H groups in total. The van der Waals surface area contributed by atoms with E-state index >= 15 is 0 Å². The summed E-state index contributed by atoms with van der Waals surface area (Å²) in [6.45, 7) is 3.67. The first kappa shape index (κ1) is 14.4. The van der Waals surface area contributed by atoms with E-state index < -0.39 is 9.05 Å². The Balaban J connectivity index is 2.43. The Morgan fingerprint density at radius 2 is 2.05 bits per heavy atom. The lowest BCUT2D eigenvalue weighted by Crippen LogP contribution is -2.17. The van der Waals surface area contributed by atoms with Crippen molar-refractivity contribution < 1.29 is 13.2 Å². The van der Waals surface area contributed by atoms with Gasteiger partial charge in [0.1, 0.15) is 16.7 Å². The highest BCUT2D eigenvalue weighted by molar-refractivity contribution is 8.13. The van der Waals surface area contributed by atoms with E-state index in [2.05, 4.69) is 6.08 Å². The molecule has 1 aromatic carbocycles. The van der Waals surface area contributed by atoms with E-state index in [1.54, 1.807) is 6.07 Å². The molecule has 0 amide bonds. The average molecular weight is 301 g/mol. The number of halogens is 1. The summed E-state index contributed by atoms with van der Waals surface area (Å²) in [5, 5.41) is 0. The van der Waals surface area contributed by atoms with Gasteiger partial charge in [0.25, 0.3) is 9.05 Å². The van der Waals surface area contributed by atoms with E-state index in [-0.39, 0.29) is 11.0 Å². The van der Waals surface area contributed by atoms with Crippen LogP contribution >= 0.6 is 10.7 Å². The molecule has 0 fully saturated rings. The van der Waals surface area contributed by atoms with Crippen LogP contribution in [-0.4, -0.2) is 14.5 Å². The third-order valence-electron chi connectivity index (χ3n) is 3.13. The molecule has 0 aliphatic heterocycles. The van der Waals surface area contributed by atoms with Gasteiger partial charge in [0, 0.05) is 10.7 Å². The van der Waals surface area contributed by atoms with Gasteiger partial charge in [-0.2, -0.15) is 0 Å². The summed E-state index contributed by atoms with van der Waals surface area (Å²) >= 11 is 0. The van der Waals surface area contributed by atoms with Gasteiger partial charge in [-0.15, -0.1) is 0 Å². The zero-order chi connectivity index (χ0) is 14.0. The predicted octanol–water partition coefficient (Wildman–Crippen LogP) is 3.72. The van der Waals surface area contributed by atoms with Crippen molar-refractivity contribution in [3.63, 3.8) is 0 Å². The minimum atomic E-state index is -3.81. The first-order valence-electron chi connectivity index (χ1n) is 6.27. The number of benzene rings is 1. The maximum atomic E-state index is 11.7. The maximum absolute atomic E-state index is 11.7. The van der Waals surface area contributed by atoms with Crippen LogP contribution in [0.4, 0.5) is 0 Å². The largest absolute Gasteiger partial charge is 0.485 e. The Bertz CT molecular complexity index is 605. The van der Waals surface area contributed by atoms with Gasteiger partial charge in [-0.05, 0) is 56.4 Å². The topological polar surface area (TPSA) is 43.4 Å². The van der Waals surface area contributed by atoms with Crippen LogP contribution in [0.25, 0.3) is 0 Å². The minimum absolute atomic E-state index is 0.0608. The Morgan fingerprint density at radius 1 is 1.32 bits per heavy atom. The van der Waals surface area contributed by atoms with Crippen molar-refractivity contribution in [1.82, 2.24) is 0 Å². The number of hydrogen-bond donors (Lipinski definition) is 0. The van der Waals surface area contributed by atoms with E-state index in [0.29, 0.717) is 5.75 Å². The van der Waals surface area contributed by atoms with E-state index in [4.69, 9.17) is 15.4 Å². The van der Waals surface area contributed by atoms with Crippen LogP contribution in [0.2, 0.25) is 0 Å². The summed E-state index contributed by atoms with van der Waals surface area (Å²) < 4.78 is 29.2. The smallest absolute Gasteiger partial charge is 0.265 e. The van der Waals surface area contributed by atoms with Crippen LogP contribution in [0.1, 0.15) is 30.4 Å². The molecule has 0 radical (unpaired) electrons. The Morgan fingerprint density at radius 3 is 2.63 bits per heavy atom. The number of allylic oxidation sites excluding steroid dienone is 1. The first-order chi connectivity index (χ1) is 8.88. The molecular formula is C14H17ClO3S. The van der Waals surface area contributed by atoms with Crippen LogP contribution in [0.5, 0.6) is 5.75 Å². The lowest BCUT2D eigenvalue weighted by molar-refractivity contribution is 0.222. The summed E-state index contributed by atoms with van der Waals surface area (Å²) in [4.78, 5) is 0.0608. The monoisotopic (exact) mass is 300 g/mol. The molecule has 19 heavy (non-hydrogen) atoms. The fourth-order valence-corrected chi connectivity index (χ4v) is 3.38. The lowest BCUT2D eigenvalue weighted by Gasteiger charge is -2.21. The van der Waals surface area contributed by atoms with Crippen LogP contribution in [0.15, 0.2) is 29.2 Å². The predicted molar refractivity (Wildman–Crippen MR) is 76.4 cm³/mol. The normalized spacial score (nSPS) is 19.4. The van der Waals surface area contributed by atoms with Gasteiger partial charge in [-0.1, -0.05) is 12.1 Å². The standard InChI is InChI=1S/C14H17ClO3S/c1-10-8-11(2)14(13(9-10)19(15,16)17)18-12-6-4-3-5-7-12/h4,6,8-9,12H,3,5,7H2,1-2H3. The highest BCUT2D eigenvalue weighted by atomic mass is 35.7. The molecule has 0 aromatic heterocycles. The van der Waals surface area contributed by atoms with Crippen molar-refractivity contribution in [3.8, 4) is 5.75 Å². The van der Waals surface area contributed by atoms with Crippen molar-refractivity contribution in [2.75, 3.05) is 0 Å². The van der Waals surface area contributed by atoms with E-state index in [1.807, 2.05) is 26.0 Å². The number of rotatable bonds is 3. The Hall–Kier alpha value is -1.000. The second-order valence-electron chi connectivity index (χ2n) is 4.86. The van der Waals surface area contributed by atoms with Gasteiger partial charge in [0.05, 0.1) is 0 Å². The van der Waals surface area contributed by atoms with Gasteiger partial charge >= 0.3 is 0 Å². The lowest BCUT2D eigenvalue weighted by atomic mass is 10.1. The van der Waals surface area contributed by atoms with Crippen molar-refractivity contribution in [2.45, 2.75) is 44.1 Å². The van der Waals surface area contributed by atoms with E-state index in [1.165, 1.54) is 0 Å². The Labute approximate surface area is 118 Å². The molecule has 0 heterocycles. The minimum Gasteiger partial charge on any atom is -0.485 e. The zero-order valence-corrected chi connectivity index (χ0v) is 12.6. The molecule has 0 bridgehead atoms. The third kappa shape index (κ3) is 3.51. The number of ether oxygens (including phenoxy) is 1. The Kier molecular flexibility index (Phi) is 4.21. The molecule has 0 saturated carbocycles. The van der Waals surface area contributed by atoms with Gasteiger partial charge < -0.3 is 4.74 Å². The highest BCUT2D eigenvalue weighted by Gasteiger charge is 2.22. The first-order valence-corrected chi connectivity index (χ1v) is 8.58. The fraction of sp³-hybridized carbons (Fsp3) is 0.429. The molecule has 0 saturated heterocycles. The van der Waals surface area contributed by atoms with E-state index in [9.17, 15) is 8.42 Å². The number of aryl methyl sites for hydroxylation is 2. The summed E-state index contributed by atoms with van der Waals surface area (Å²) in [5.74, 6) is 0.372. The molecule has 2 rings (SSSR count). The molecule has 3 nitrogen and oxygen atoms in total. The molecule has 5 heteroatoms. The zero-order valence-electron chi connectivity index (χ0n) is 11.0. The second kappa shape index (κ2) is 5.55. The summed E-state index contributed by atoms with van der Waals surface area (Å²) in [7, 11) is 1.69. The molecule has 1 atom stereocenters. The summed E-state index contributed by atoms with van der Waals surface area (Å²) in [6.07, 6.45) is 6.96. The molecule has 104 valence electrons. The number of hydrogen-bond acceptors (Lipinski definition) is 3. The molecule has 1 aliphatic rings. The molecule has 1 aromatic rings. The van der Waals surface area contributed by atoms with Crippen molar-refractivity contribution in [2.24, 2.45) is 0 Å². The molecular weight excluding hydrogens is 284 g/mol. The average Bonchev–Trinajstić information content (AvgIpc) is 2.32. The highest BCUT2D eigenvalue weighted by Crippen LogP contribution is 2.33. The SMILES string of the molecule is Cc1cc(C)c(OC2C=CCCC2)c(S(=O)(=O)Cl)c1. The summed E-state index contributed by atoms with van der Waals surface area (Å²) in [5.41, 5.74) is 1.64.